The van der Waals surface area contributed by atoms with E-state index >= 15 is 0 Å². The molecule has 0 spiro atoms. The van der Waals surface area contributed by atoms with E-state index < -0.39 is 0 Å². The highest BCUT2D eigenvalue weighted by Crippen LogP contribution is 2.24. The Morgan fingerprint density at radius 3 is 2.25 bits per heavy atom. The third kappa shape index (κ3) is 2.13. The summed E-state index contributed by atoms with van der Waals surface area (Å²) in [6.07, 6.45) is 1.18. The summed E-state index contributed by atoms with van der Waals surface area (Å²) in [6, 6.07) is 8.58. The Hall–Kier alpha value is -0.235. The van der Waals surface area contributed by atoms with Gasteiger partial charge in [-0.2, -0.15) is 0 Å². The Morgan fingerprint density at radius 1 is 1.33 bits per heavy atom. The first kappa shape index (κ1) is 9.85. The predicted molar refractivity (Wildman–Crippen MR) is 60.3 cm³/mol. The maximum Gasteiger partial charge on any atom is 0.114 e. The standard InChI is InChI=1S/C10H14BBr/c1-3-10(2,11)8-4-6-9(12)7-5-8/h4-7H,3,11H2,1-2H3. The van der Waals surface area contributed by atoms with E-state index in [1.54, 1.807) is 0 Å². The zero-order valence-corrected chi connectivity index (χ0v) is 9.48. The third-order valence-electron chi connectivity index (χ3n) is 2.51. The summed E-state index contributed by atoms with van der Waals surface area (Å²) in [4.78, 5) is 0. The molecule has 1 atom stereocenters. The molecule has 0 radical (unpaired) electrons. The van der Waals surface area contributed by atoms with Crippen LogP contribution in [0.3, 0.4) is 0 Å². The second-order valence-electron chi connectivity index (χ2n) is 3.74. The molecule has 0 aliphatic rings. The Kier molecular flexibility index (Phi) is 3.00. The average molecular weight is 225 g/mol. The van der Waals surface area contributed by atoms with Gasteiger partial charge in [-0.15, -0.1) is 0 Å². The summed E-state index contributed by atoms with van der Waals surface area (Å²) in [5, 5.41) is 0.306. The highest BCUT2D eigenvalue weighted by Gasteiger charge is 2.16. The fourth-order valence-electron chi connectivity index (χ4n) is 1.11. The van der Waals surface area contributed by atoms with Crippen molar-refractivity contribution in [2.24, 2.45) is 0 Å². The molecule has 0 saturated carbocycles. The van der Waals surface area contributed by atoms with Gasteiger partial charge in [0.2, 0.25) is 0 Å². The van der Waals surface area contributed by atoms with Crippen molar-refractivity contribution in [1.82, 2.24) is 0 Å². The van der Waals surface area contributed by atoms with Crippen molar-refractivity contribution in [3.63, 3.8) is 0 Å². The molecule has 1 aromatic rings. The SMILES string of the molecule is BC(C)(CC)c1ccc(Br)cc1. The maximum atomic E-state index is 3.43. The number of benzene rings is 1. The Morgan fingerprint density at radius 2 is 1.83 bits per heavy atom. The summed E-state index contributed by atoms with van der Waals surface area (Å²) in [7, 11) is 2.27. The van der Waals surface area contributed by atoms with Crippen LogP contribution in [0.5, 0.6) is 0 Å². The third-order valence-corrected chi connectivity index (χ3v) is 3.04. The van der Waals surface area contributed by atoms with Crippen molar-refractivity contribution in [2.45, 2.75) is 25.6 Å². The highest BCUT2D eigenvalue weighted by atomic mass is 79.9. The van der Waals surface area contributed by atoms with E-state index in [1.165, 1.54) is 12.0 Å². The molecule has 0 heterocycles. The van der Waals surface area contributed by atoms with Gasteiger partial charge >= 0.3 is 0 Å². The van der Waals surface area contributed by atoms with Crippen molar-refractivity contribution < 1.29 is 0 Å². The monoisotopic (exact) mass is 224 g/mol. The van der Waals surface area contributed by atoms with Crippen LogP contribution < -0.4 is 0 Å². The lowest BCUT2D eigenvalue weighted by molar-refractivity contribution is 0.649. The largest absolute Gasteiger partial charge is 0.114 e. The quantitative estimate of drug-likeness (QED) is 0.678. The first-order chi connectivity index (χ1) is 5.56. The normalized spacial score (nSPS) is 15.6. The minimum atomic E-state index is 0.306. The molecular formula is C10H14BBr. The van der Waals surface area contributed by atoms with Crippen LogP contribution in [-0.2, 0) is 5.31 Å². The van der Waals surface area contributed by atoms with Crippen molar-refractivity contribution in [3.05, 3.63) is 34.3 Å². The number of rotatable bonds is 2. The van der Waals surface area contributed by atoms with Gasteiger partial charge in [0.25, 0.3) is 0 Å². The first-order valence-corrected chi connectivity index (χ1v) is 5.11. The Balaban J connectivity index is 2.96. The van der Waals surface area contributed by atoms with E-state index in [2.05, 4.69) is 61.9 Å². The molecule has 1 aromatic carbocycles. The second-order valence-corrected chi connectivity index (χ2v) is 4.66. The number of hydrogen-bond donors (Lipinski definition) is 0. The molecule has 0 amide bonds. The van der Waals surface area contributed by atoms with Gasteiger partial charge in [-0.1, -0.05) is 53.9 Å². The van der Waals surface area contributed by atoms with Crippen LogP contribution >= 0.6 is 15.9 Å². The number of halogens is 1. The van der Waals surface area contributed by atoms with Gasteiger partial charge in [-0.25, -0.2) is 0 Å². The van der Waals surface area contributed by atoms with Crippen LogP contribution in [0.2, 0.25) is 0 Å². The smallest absolute Gasteiger partial charge is 0.0652 e. The molecule has 0 N–H and O–H groups in total. The van der Waals surface area contributed by atoms with Crippen molar-refractivity contribution in [2.75, 3.05) is 0 Å². The minimum absolute atomic E-state index is 0.306. The van der Waals surface area contributed by atoms with E-state index in [9.17, 15) is 0 Å². The van der Waals surface area contributed by atoms with E-state index in [-0.39, 0.29) is 0 Å². The topological polar surface area (TPSA) is 0 Å². The van der Waals surface area contributed by atoms with Crippen LogP contribution in [0.1, 0.15) is 25.8 Å². The summed E-state index contributed by atoms with van der Waals surface area (Å²) in [5.41, 5.74) is 1.41. The second kappa shape index (κ2) is 3.65. The predicted octanol–water partition coefficient (Wildman–Crippen LogP) is 2.71. The van der Waals surface area contributed by atoms with Crippen LogP contribution in [-0.4, -0.2) is 7.85 Å². The molecular weight excluding hydrogens is 211 g/mol. The minimum Gasteiger partial charge on any atom is -0.0652 e. The molecule has 0 saturated heterocycles. The zero-order valence-electron chi connectivity index (χ0n) is 7.89. The maximum absolute atomic E-state index is 3.43. The van der Waals surface area contributed by atoms with E-state index in [0.29, 0.717) is 5.31 Å². The van der Waals surface area contributed by atoms with Crippen molar-refractivity contribution in [3.8, 4) is 0 Å². The molecule has 0 aromatic heterocycles. The van der Waals surface area contributed by atoms with Gasteiger partial charge < -0.3 is 0 Å². The molecule has 0 aliphatic heterocycles. The lowest BCUT2D eigenvalue weighted by atomic mass is 9.64. The Bertz CT molecular complexity index is 251. The molecule has 0 bridgehead atoms. The fourth-order valence-corrected chi connectivity index (χ4v) is 1.37. The van der Waals surface area contributed by atoms with Gasteiger partial charge in [0.15, 0.2) is 0 Å². The van der Waals surface area contributed by atoms with Gasteiger partial charge in [0.1, 0.15) is 7.85 Å². The molecule has 0 aliphatic carbocycles. The van der Waals surface area contributed by atoms with E-state index in [1.807, 2.05) is 0 Å². The van der Waals surface area contributed by atoms with Gasteiger partial charge in [-0.05, 0) is 17.4 Å². The number of hydrogen-bond acceptors (Lipinski definition) is 0. The summed E-state index contributed by atoms with van der Waals surface area (Å²) >= 11 is 3.43. The first-order valence-electron chi connectivity index (χ1n) is 4.32. The van der Waals surface area contributed by atoms with Crippen LogP contribution in [0, 0.1) is 0 Å². The fraction of sp³-hybridized carbons (Fsp3) is 0.400. The van der Waals surface area contributed by atoms with Crippen LogP contribution in [0.4, 0.5) is 0 Å². The van der Waals surface area contributed by atoms with Crippen molar-refractivity contribution >= 4 is 23.8 Å². The van der Waals surface area contributed by atoms with Crippen molar-refractivity contribution in [1.29, 1.82) is 0 Å². The van der Waals surface area contributed by atoms with E-state index in [0.717, 1.165) is 4.47 Å². The molecule has 12 heavy (non-hydrogen) atoms. The molecule has 1 unspecified atom stereocenters. The lowest BCUT2D eigenvalue weighted by Crippen LogP contribution is -2.20. The highest BCUT2D eigenvalue weighted by molar-refractivity contribution is 9.10. The Labute approximate surface area is 83.9 Å². The average Bonchev–Trinajstić information content (AvgIpc) is 2.05. The molecule has 2 heteroatoms. The van der Waals surface area contributed by atoms with Gasteiger partial charge in [-0.3, -0.25) is 0 Å². The van der Waals surface area contributed by atoms with Crippen LogP contribution in [0.25, 0.3) is 0 Å². The zero-order chi connectivity index (χ0) is 9.19. The van der Waals surface area contributed by atoms with E-state index in [4.69, 9.17) is 0 Å². The van der Waals surface area contributed by atoms with Crippen LogP contribution in [0.15, 0.2) is 28.7 Å². The summed E-state index contributed by atoms with van der Waals surface area (Å²) in [5.74, 6) is 0. The summed E-state index contributed by atoms with van der Waals surface area (Å²) < 4.78 is 1.15. The summed E-state index contributed by atoms with van der Waals surface area (Å²) in [6.45, 7) is 4.50. The molecule has 64 valence electrons. The molecule has 0 fully saturated rings. The molecule has 0 nitrogen and oxygen atoms in total. The van der Waals surface area contributed by atoms with Gasteiger partial charge in [0, 0.05) is 4.47 Å². The molecule has 1 rings (SSSR count). The lowest BCUT2D eigenvalue weighted by Gasteiger charge is -2.23. The van der Waals surface area contributed by atoms with Gasteiger partial charge in [0.05, 0.1) is 0 Å².